The molecule has 0 spiro atoms. The molecule has 0 N–H and O–H groups in total. The van der Waals surface area contributed by atoms with Crippen LogP contribution in [0.15, 0.2) is 24.3 Å². The number of non-ortho nitro benzene ring substituents is 1. The molecule has 0 aromatic heterocycles. The van der Waals surface area contributed by atoms with Gasteiger partial charge in [0.2, 0.25) is 0 Å². The smallest absolute Gasteiger partial charge is 0.311 e. The summed E-state index contributed by atoms with van der Waals surface area (Å²) in [5.41, 5.74) is -0.0379. The van der Waals surface area contributed by atoms with E-state index in [0.29, 0.717) is 25.2 Å². The fourth-order valence-electron chi connectivity index (χ4n) is 2.47. The minimum atomic E-state index is -0.499. The highest BCUT2D eigenvalue weighted by molar-refractivity contribution is 5.72. The van der Waals surface area contributed by atoms with Crippen molar-refractivity contribution in [1.82, 2.24) is 0 Å². The van der Waals surface area contributed by atoms with Gasteiger partial charge in [0.05, 0.1) is 11.5 Å². The highest BCUT2D eigenvalue weighted by Gasteiger charge is 2.08. The lowest BCUT2D eigenvalue weighted by molar-refractivity contribution is -0.384. The number of unbranched alkanes of at least 4 members (excludes halogenated alkanes) is 6. The van der Waals surface area contributed by atoms with E-state index in [1.807, 2.05) is 0 Å². The molecule has 0 radical (unpaired) electrons. The van der Waals surface area contributed by atoms with Crippen LogP contribution in [-0.2, 0) is 14.3 Å². The zero-order valence-electron chi connectivity index (χ0n) is 16.0. The fraction of sp³-hybridized carbons (Fsp3) is 0.600. The summed E-state index contributed by atoms with van der Waals surface area (Å²) < 4.78 is 10.2. The van der Waals surface area contributed by atoms with Gasteiger partial charge in [-0.2, -0.15) is 0 Å². The quantitative estimate of drug-likeness (QED) is 0.149. The Morgan fingerprint density at radius 2 is 1.44 bits per heavy atom. The standard InChI is InChI=1S/C20H29NO6/c1-2-3-16-26-19(22)10-8-6-4-5-7-9-11-20(23)27-18-14-12-17(13-15-18)21(24)25/h12-15H,2-11,16H2,1H3. The van der Waals surface area contributed by atoms with Crippen LogP contribution >= 0.6 is 0 Å². The minimum absolute atomic E-state index is 0.0379. The van der Waals surface area contributed by atoms with Gasteiger partial charge >= 0.3 is 11.9 Å². The molecule has 0 atom stereocenters. The third-order valence-corrected chi connectivity index (χ3v) is 4.05. The molecule has 27 heavy (non-hydrogen) atoms. The lowest BCUT2D eigenvalue weighted by atomic mass is 10.1. The largest absolute Gasteiger partial charge is 0.466 e. The average molecular weight is 379 g/mol. The summed E-state index contributed by atoms with van der Waals surface area (Å²) in [7, 11) is 0. The van der Waals surface area contributed by atoms with Crippen molar-refractivity contribution < 1.29 is 24.0 Å². The number of benzene rings is 1. The van der Waals surface area contributed by atoms with Crippen LogP contribution in [0.25, 0.3) is 0 Å². The number of carbonyl (C=O) groups excluding carboxylic acids is 2. The second-order valence-corrected chi connectivity index (χ2v) is 6.42. The van der Waals surface area contributed by atoms with E-state index in [1.54, 1.807) is 0 Å². The van der Waals surface area contributed by atoms with E-state index >= 15 is 0 Å². The molecule has 7 heteroatoms. The zero-order valence-corrected chi connectivity index (χ0v) is 16.0. The number of hydrogen-bond acceptors (Lipinski definition) is 6. The third kappa shape index (κ3) is 11.0. The number of ether oxygens (including phenoxy) is 2. The van der Waals surface area contributed by atoms with Crippen molar-refractivity contribution in [1.29, 1.82) is 0 Å². The molecule has 0 aliphatic carbocycles. The summed E-state index contributed by atoms with van der Waals surface area (Å²) in [4.78, 5) is 33.2. The van der Waals surface area contributed by atoms with Crippen molar-refractivity contribution in [3.8, 4) is 5.75 Å². The lowest BCUT2D eigenvalue weighted by Crippen LogP contribution is -2.07. The second kappa shape index (κ2) is 13.7. The summed E-state index contributed by atoms with van der Waals surface area (Å²) in [5, 5.41) is 10.6. The topological polar surface area (TPSA) is 95.7 Å². The van der Waals surface area contributed by atoms with Gasteiger partial charge in [-0.15, -0.1) is 0 Å². The van der Waals surface area contributed by atoms with Gasteiger partial charge in [-0.25, -0.2) is 0 Å². The Morgan fingerprint density at radius 3 is 2.00 bits per heavy atom. The maximum atomic E-state index is 11.7. The Kier molecular flexibility index (Phi) is 11.5. The number of esters is 2. The van der Waals surface area contributed by atoms with Gasteiger partial charge in [-0.3, -0.25) is 19.7 Å². The maximum absolute atomic E-state index is 11.7. The SMILES string of the molecule is CCCCOC(=O)CCCCCCCCC(=O)Oc1ccc([N+](=O)[O-])cc1. The predicted molar refractivity (Wildman–Crippen MR) is 102 cm³/mol. The Bertz CT molecular complexity index is 585. The number of nitro benzene ring substituents is 1. The van der Waals surface area contributed by atoms with Crippen LogP contribution < -0.4 is 4.74 Å². The molecule has 0 amide bonds. The average Bonchev–Trinajstić information content (AvgIpc) is 2.64. The molecule has 1 aromatic rings. The van der Waals surface area contributed by atoms with Crippen LogP contribution in [0.4, 0.5) is 5.69 Å². The molecule has 0 bridgehead atoms. The molecule has 0 saturated heterocycles. The zero-order chi connectivity index (χ0) is 19.9. The van der Waals surface area contributed by atoms with Gasteiger partial charge in [0.25, 0.3) is 5.69 Å². The van der Waals surface area contributed by atoms with Gasteiger partial charge in [0.1, 0.15) is 5.75 Å². The van der Waals surface area contributed by atoms with Crippen molar-refractivity contribution in [2.24, 2.45) is 0 Å². The summed E-state index contributed by atoms with van der Waals surface area (Å²) in [5.74, 6) is -0.132. The first kappa shape index (κ1) is 22.6. The van der Waals surface area contributed by atoms with Crippen LogP contribution in [0.1, 0.15) is 71.1 Å². The van der Waals surface area contributed by atoms with Crippen LogP contribution in [0.2, 0.25) is 0 Å². The molecule has 0 heterocycles. The minimum Gasteiger partial charge on any atom is -0.466 e. The molecule has 7 nitrogen and oxygen atoms in total. The highest BCUT2D eigenvalue weighted by atomic mass is 16.6. The number of nitro groups is 1. The van der Waals surface area contributed by atoms with Crippen molar-refractivity contribution in [2.75, 3.05) is 6.61 Å². The number of rotatable bonds is 14. The predicted octanol–water partition coefficient (Wildman–Crippen LogP) is 4.96. The molecular weight excluding hydrogens is 350 g/mol. The van der Waals surface area contributed by atoms with Gasteiger partial charge in [0.15, 0.2) is 0 Å². The van der Waals surface area contributed by atoms with Gasteiger partial charge in [0, 0.05) is 25.0 Å². The van der Waals surface area contributed by atoms with E-state index in [2.05, 4.69) is 6.92 Å². The van der Waals surface area contributed by atoms with E-state index in [4.69, 9.17) is 9.47 Å². The number of carbonyl (C=O) groups is 2. The number of hydrogen-bond donors (Lipinski definition) is 0. The molecule has 0 saturated carbocycles. The lowest BCUT2D eigenvalue weighted by Gasteiger charge is -2.05. The first-order valence-corrected chi connectivity index (χ1v) is 9.63. The first-order valence-electron chi connectivity index (χ1n) is 9.63. The van der Waals surface area contributed by atoms with E-state index < -0.39 is 4.92 Å². The second-order valence-electron chi connectivity index (χ2n) is 6.42. The van der Waals surface area contributed by atoms with E-state index in [9.17, 15) is 19.7 Å². The molecule has 0 aliphatic rings. The van der Waals surface area contributed by atoms with Gasteiger partial charge in [-0.05, 0) is 31.4 Å². The van der Waals surface area contributed by atoms with Gasteiger partial charge in [-0.1, -0.05) is 39.0 Å². The summed E-state index contributed by atoms with van der Waals surface area (Å²) in [6.07, 6.45) is 8.26. The van der Waals surface area contributed by atoms with Crippen LogP contribution in [0, 0.1) is 10.1 Å². The molecule has 150 valence electrons. The Labute approximate surface area is 160 Å². The summed E-state index contributed by atoms with van der Waals surface area (Å²) in [6.45, 7) is 2.58. The van der Waals surface area contributed by atoms with Crippen LogP contribution in [0.3, 0.4) is 0 Å². The van der Waals surface area contributed by atoms with Crippen molar-refractivity contribution in [3.05, 3.63) is 34.4 Å². The molecule has 1 aromatic carbocycles. The summed E-state index contributed by atoms with van der Waals surface area (Å²) in [6, 6.07) is 5.46. The van der Waals surface area contributed by atoms with Crippen LogP contribution in [0.5, 0.6) is 5.75 Å². The Morgan fingerprint density at radius 1 is 0.889 bits per heavy atom. The molecule has 0 unspecified atom stereocenters. The Hall–Kier alpha value is -2.44. The molecule has 0 aliphatic heterocycles. The molecule has 1 rings (SSSR count). The van der Waals surface area contributed by atoms with E-state index in [0.717, 1.165) is 51.4 Å². The van der Waals surface area contributed by atoms with Crippen molar-refractivity contribution in [2.45, 2.75) is 71.1 Å². The van der Waals surface area contributed by atoms with E-state index in [-0.39, 0.29) is 17.6 Å². The summed E-state index contributed by atoms with van der Waals surface area (Å²) >= 11 is 0. The fourth-order valence-corrected chi connectivity index (χ4v) is 2.47. The maximum Gasteiger partial charge on any atom is 0.311 e. The highest BCUT2D eigenvalue weighted by Crippen LogP contribution is 2.18. The first-order chi connectivity index (χ1) is 13.0. The van der Waals surface area contributed by atoms with Gasteiger partial charge < -0.3 is 9.47 Å². The monoisotopic (exact) mass is 379 g/mol. The Balaban J connectivity index is 2.00. The normalized spacial score (nSPS) is 10.4. The number of nitrogens with zero attached hydrogens (tertiary/aromatic N) is 1. The van der Waals surface area contributed by atoms with Crippen LogP contribution in [-0.4, -0.2) is 23.5 Å². The van der Waals surface area contributed by atoms with E-state index in [1.165, 1.54) is 24.3 Å². The molecule has 0 fully saturated rings. The van der Waals surface area contributed by atoms with Crippen molar-refractivity contribution >= 4 is 17.6 Å². The third-order valence-electron chi connectivity index (χ3n) is 4.05. The molecular formula is C20H29NO6. The van der Waals surface area contributed by atoms with Crippen molar-refractivity contribution in [3.63, 3.8) is 0 Å².